The molecule has 0 bridgehead atoms. The van der Waals surface area contributed by atoms with E-state index in [2.05, 4.69) is 34.3 Å². The van der Waals surface area contributed by atoms with Gasteiger partial charge in [0.05, 0.1) is 28.2 Å². The number of hydrogen-bond acceptors (Lipinski definition) is 2. The molecule has 3 aromatic rings. The summed E-state index contributed by atoms with van der Waals surface area (Å²) in [5.74, 6) is 1.17. The molecule has 5 rings (SSSR count). The molecule has 148 valence electrons. The molecule has 29 heavy (non-hydrogen) atoms. The van der Waals surface area contributed by atoms with Crippen molar-refractivity contribution in [3.8, 4) is 11.3 Å². The van der Waals surface area contributed by atoms with E-state index in [1.807, 2.05) is 6.07 Å². The van der Waals surface area contributed by atoms with Crippen LogP contribution in [0.3, 0.4) is 0 Å². The molecule has 0 radical (unpaired) electrons. The van der Waals surface area contributed by atoms with Gasteiger partial charge in [0.2, 0.25) is 5.91 Å². The Morgan fingerprint density at radius 1 is 1.14 bits per heavy atom. The zero-order valence-electron chi connectivity index (χ0n) is 15.9. The maximum absolute atomic E-state index is 12.6. The summed E-state index contributed by atoms with van der Waals surface area (Å²) in [7, 11) is 0. The molecule has 1 aliphatic carbocycles. The van der Waals surface area contributed by atoms with Crippen LogP contribution in [0.25, 0.3) is 11.3 Å². The number of nitrogens with one attached hydrogen (secondary N) is 1. The minimum absolute atomic E-state index is 0.00684. The molecule has 6 heteroatoms. The molecule has 1 aromatic heterocycles. The third kappa shape index (κ3) is 3.67. The number of hydrogen-bond donors (Lipinski definition) is 1. The third-order valence-electron chi connectivity index (χ3n) is 5.86. The van der Waals surface area contributed by atoms with Crippen molar-refractivity contribution >= 4 is 29.1 Å². The molecule has 1 atom stereocenters. The van der Waals surface area contributed by atoms with Crippen molar-refractivity contribution in [3.63, 3.8) is 0 Å². The number of carbonyl (C=O) groups excluding carboxylic acids is 1. The van der Waals surface area contributed by atoms with E-state index in [0.717, 1.165) is 42.6 Å². The predicted molar refractivity (Wildman–Crippen MR) is 115 cm³/mol. The number of nitrogens with zero attached hydrogens (tertiary/aromatic N) is 2. The number of benzene rings is 2. The Hall–Kier alpha value is -2.30. The molecule has 0 saturated carbocycles. The smallest absolute Gasteiger partial charge is 0.224 e. The Bertz CT molecular complexity index is 1080. The molecule has 0 fully saturated rings. The Labute approximate surface area is 179 Å². The first-order chi connectivity index (χ1) is 14.1. The minimum atomic E-state index is -0.00684. The lowest BCUT2D eigenvalue weighted by Crippen LogP contribution is -2.28. The van der Waals surface area contributed by atoms with E-state index in [1.54, 1.807) is 12.1 Å². The first kappa shape index (κ1) is 18.7. The number of amides is 1. The summed E-state index contributed by atoms with van der Waals surface area (Å²) in [6.45, 7) is 1.06. The second kappa shape index (κ2) is 7.51. The molecule has 0 spiro atoms. The molecule has 2 aromatic carbocycles. The van der Waals surface area contributed by atoms with Gasteiger partial charge in [-0.05, 0) is 54.2 Å². The van der Waals surface area contributed by atoms with Crippen LogP contribution in [0.5, 0.6) is 0 Å². The van der Waals surface area contributed by atoms with E-state index in [9.17, 15) is 4.79 Å². The number of carbonyl (C=O) groups is 1. The summed E-state index contributed by atoms with van der Waals surface area (Å²) in [6.07, 6.45) is 6.57. The highest BCUT2D eigenvalue weighted by Gasteiger charge is 2.25. The van der Waals surface area contributed by atoms with Crippen molar-refractivity contribution in [2.45, 2.75) is 44.7 Å². The monoisotopic (exact) mass is 425 g/mol. The normalized spacial score (nSPS) is 17.2. The van der Waals surface area contributed by atoms with Crippen molar-refractivity contribution in [2.75, 3.05) is 0 Å². The number of rotatable bonds is 4. The quantitative estimate of drug-likeness (QED) is 0.627. The fourth-order valence-corrected chi connectivity index (χ4v) is 4.71. The molecule has 1 amide bonds. The van der Waals surface area contributed by atoms with Crippen LogP contribution < -0.4 is 5.32 Å². The van der Waals surface area contributed by atoms with E-state index in [-0.39, 0.29) is 18.4 Å². The Morgan fingerprint density at radius 3 is 2.86 bits per heavy atom. The van der Waals surface area contributed by atoms with Gasteiger partial charge in [0, 0.05) is 24.7 Å². The van der Waals surface area contributed by atoms with Gasteiger partial charge in [0.25, 0.3) is 0 Å². The Balaban J connectivity index is 1.33. The molecule has 0 saturated heterocycles. The second-order valence-corrected chi connectivity index (χ2v) is 8.65. The maximum atomic E-state index is 12.6. The Morgan fingerprint density at radius 2 is 2.03 bits per heavy atom. The first-order valence-electron chi connectivity index (χ1n) is 9.99. The number of imidazole rings is 1. The molecule has 4 nitrogen and oxygen atoms in total. The van der Waals surface area contributed by atoms with Gasteiger partial charge in [-0.2, -0.15) is 0 Å². The van der Waals surface area contributed by atoms with E-state index in [4.69, 9.17) is 28.2 Å². The number of fused-ring (bicyclic) bond motifs is 2. The highest BCUT2D eigenvalue weighted by Crippen LogP contribution is 2.35. The van der Waals surface area contributed by atoms with Crippen molar-refractivity contribution in [3.05, 3.63) is 75.2 Å². The van der Waals surface area contributed by atoms with Gasteiger partial charge in [0.15, 0.2) is 0 Å². The van der Waals surface area contributed by atoms with Crippen LogP contribution in [0.4, 0.5) is 0 Å². The molecule has 0 unspecified atom stereocenters. The van der Waals surface area contributed by atoms with Gasteiger partial charge >= 0.3 is 0 Å². The van der Waals surface area contributed by atoms with Gasteiger partial charge in [0.1, 0.15) is 5.82 Å². The summed E-state index contributed by atoms with van der Waals surface area (Å²) in [4.78, 5) is 17.4. The van der Waals surface area contributed by atoms with Crippen LogP contribution in [0.1, 0.15) is 41.4 Å². The lowest BCUT2D eigenvalue weighted by Gasteiger charge is -2.15. The molecular weight excluding hydrogens is 405 g/mol. The average molecular weight is 426 g/mol. The van der Waals surface area contributed by atoms with Gasteiger partial charge in [-0.3, -0.25) is 4.79 Å². The number of halogens is 2. The molecule has 1 N–H and O–H groups in total. The number of aryl methyl sites for hydroxylation is 3. The zero-order chi connectivity index (χ0) is 20.0. The highest BCUT2D eigenvalue weighted by molar-refractivity contribution is 6.42. The van der Waals surface area contributed by atoms with Crippen LogP contribution >= 0.6 is 23.2 Å². The molecule has 2 heterocycles. The molecule has 1 aliphatic heterocycles. The van der Waals surface area contributed by atoms with E-state index in [0.29, 0.717) is 10.0 Å². The summed E-state index contributed by atoms with van der Waals surface area (Å²) in [6, 6.07) is 11.9. The fraction of sp³-hybridized carbons (Fsp3) is 0.304. The summed E-state index contributed by atoms with van der Waals surface area (Å²) in [5.41, 5.74) is 5.52. The van der Waals surface area contributed by atoms with Crippen LogP contribution in [-0.2, 0) is 30.6 Å². The van der Waals surface area contributed by atoms with E-state index in [1.165, 1.54) is 23.4 Å². The van der Waals surface area contributed by atoms with Crippen molar-refractivity contribution in [1.29, 1.82) is 0 Å². The molecule has 2 aliphatic rings. The summed E-state index contributed by atoms with van der Waals surface area (Å²) >= 11 is 12.0. The minimum Gasteiger partial charge on any atom is -0.349 e. The van der Waals surface area contributed by atoms with Crippen molar-refractivity contribution in [2.24, 2.45) is 0 Å². The summed E-state index contributed by atoms with van der Waals surface area (Å²) in [5, 5.41) is 4.17. The third-order valence-corrected chi connectivity index (χ3v) is 6.60. The van der Waals surface area contributed by atoms with Gasteiger partial charge in [-0.1, -0.05) is 41.4 Å². The lowest BCUT2D eigenvalue weighted by atomic mass is 10.0. The van der Waals surface area contributed by atoms with Crippen LogP contribution in [0.2, 0.25) is 10.0 Å². The molecular formula is C23H21Cl2N3O. The topological polar surface area (TPSA) is 46.9 Å². The highest BCUT2D eigenvalue weighted by atomic mass is 35.5. The van der Waals surface area contributed by atoms with Gasteiger partial charge in [-0.25, -0.2) is 4.98 Å². The van der Waals surface area contributed by atoms with Crippen LogP contribution in [0, 0.1) is 0 Å². The van der Waals surface area contributed by atoms with Crippen molar-refractivity contribution in [1.82, 2.24) is 14.9 Å². The van der Waals surface area contributed by atoms with E-state index >= 15 is 0 Å². The van der Waals surface area contributed by atoms with Crippen molar-refractivity contribution < 1.29 is 4.79 Å². The zero-order valence-corrected chi connectivity index (χ0v) is 17.4. The summed E-state index contributed by atoms with van der Waals surface area (Å²) < 4.78 is 2.25. The van der Waals surface area contributed by atoms with Gasteiger partial charge < -0.3 is 9.88 Å². The average Bonchev–Trinajstić information content (AvgIpc) is 3.39. The fourth-order valence-electron chi connectivity index (χ4n) is 4.39. The Kier molecular flexibility index (Phi) is 4.84. The predicted octanol–water partition coefficient (Wildman–Crippen LogP) is 5.15. The second-order valence-electron chi connectivity index (χ2n) is 7.84. The largest absolute Gasteiger partial charge is 0.349 e. The maximum Gasteiger partial charge on any atom is 0.224 e. The van der Waals surface area contributed by atoms with Crippen LogP contribution in [-0.4, -0.2) is 15.5 Å². The van der Waals surface area contributed by atoms with Crippen LogP contribution in [0.15, 0.2) is 42.6 Å². The first-order valence-corrected chi connectivity index (χ1v) is 10.7. The standard InChI is InChI=1S/C23H21Cl2N3O/c24-18-7-3-14(10-19(18)25)11-23(29)27-20-8-6-15-4-5-16(12-17(15)20)21-13-28-9-1-2-22(28)26-21/h3-5,7,10,12-13,20H,1-2,6,8-9,11H2,(H,27,29)/t20-/m1/s1. The van der Waals surface area contributed by atoms with Gasteiger partial charge in [-0.15, -0.1) is 0 Å². The lowest BCUT2D eigenvalue weighted by molar-refractivity contribution is -0.121. The number of aromatic nitrogens is 2. The SMILES string of the molecule is O=C(Cc1ccc(Cl)c(Cl)c1)N[C@@H]1CCc2ccc(-c3cn4c(n3)CCC4)cc21. The van der Waals surface area contributed by atoms with E-state index < -0.39 is 0 Å².